The first kappa shape index (κ1) is 15.2. The van der Waals surface area contributed by atoms with Crippen molar-refractivity contribution in [2.45, 2.75) is 0 Å². The molecule has 0 aliphatic carbocycles. The summed E-state index contributed by atoms with van der Waals surface area (Å²) in [4.78, 5) is 12.1. The molecule has 0 spiro atoms. The van der Waals surface area contributed by atoms with E-state index >= 15 is 0 Å². The number of amides is 1. The first-order valence-corrected chi connectivity index (χ1v) is 7.16. The van der Waals surface area contributed by atoms with Gasteiger partial charge >= 0.3 is 0 Å². The Morgan fingerprint density at radius 2 is 1.90 bits per heavy atom. The molecule has 2 aromatic rings. The SMILES string of the molecule is COc1ccc(C(=O)Nc2ccc(Br)cc2Cl)cc1Cl. The van der Waals surface area contributed by atoms with E-state index in [0.717, 1.165) is 4.47 Å². The van der Waals surface area contributed by atoms with E-state index in [1.807, 2.05) is 0 Å². The molecule has 0 aliphatic rings. The quantitative estimate of drug-likeness (QED) is 0.819. The second-order valence-electron chi connectivity index (χ2n) is 3.93. The van der Waals surface area contributed by atoms with Crippen molar-refractivity contribution in [3.63, 3.8) is 0 Å². The van der Waals surface area contributed by atoms with Gasteiger partial charge in [-0.15, -0.1) is 0 Å². The van der Waals surface area contributed by atoms with Crippen LogP contribution in [0.1, 0.15) is 10.4 Å². The molecular weight excluding hydrogens is 365 g/mol. The predicted molar refractivity (Wildman–Crippen MR) is 85.1 cm³/mol. The van der Waals surface area contributed by atoms with Gasteiger partial charge in [-0.05, 0) is 36.4 Å². The third kappa shape index (κ3) is 3.45. The van der Waals surface area contributed by atoms with Crippen LogP contribution >= 0.6 is 39.1 Å². The van der Waals surface area contributed by atoms with Crippen molar-refractivity contribution in [2.24, 2.45) is 0 Å². The predicted octanol–water partition coefficient (Wildman–Crippen LogP) is 5.02. The summed E-state index contributed by atoms with van der Waals surface area (Å²) in [6, 6.07) is 10.0. The Bertz CT molecular complexity index is 662. The van der Waals surface area contributed by atoms with Crippen LogP contribution in [0.3, 0.4) is 0 Å². The fourth-order valence-electron chi connectivity index (χ4n) is 1.59. The summed E-state index contributed by atoms with van der Waals surface area (Å²) in [6.07, 6.45) is 0. The van der Waals surface area contributed by atoms with E-state index in [2.05, 4.69) is 21.2 Å². The van der Waals surface area contributed by atoms with Crippen LogP contribution in [0, 0.1) is 0 Å². The minimum atomic E-state index is -0.293. The number of carbonyl (C=O) groups excluding carboxylic acids is 1. The number of rotatable bonds is 3. The van der Waals surface area contributed by atoms with Gasteiger partial charge in [0, 0.05) is 10.0 Å². The van der Waals surface area contributed by atoms with E-state index in [0.29, 0.717) is 27.0 Å². The molecule has 0 unspecified atom stereocenters. The summed E-state index contributed by atoms with van der Waals surface area (Å²) in [7, 11) is 1.52. The van der Waals surface area contributed by atoms with E-state index in [9.17, 15) is 4.79 Å². The van der Waals surface area contributed by atoms with E-state index < -0.39 is 0 Å². The van der Waals surface area contributed by atoms with Gasteiger partial charge in [-0.3, -0.25) is 4.79 Å². The zero-order valence-electron chi connectivity index (χ0n) is 10.4. The summed E-state index contributed by atoms with van der Waals surface area (Å²) in [6.45, 7) is 0. The number of ether oxygens (including phenoxy) is 1. The Morgan fingerprint density at radius 1 is 1.15 bits per heavy atom. The number of halogens is 3. The normalized spacial score (nSPS) is 10.2. The lowest BCUT2D eigenvalue weighted by molar-refractivity contribution is 0.102. The van der Waals surface area contributed by atoms with Crippen LogP contribution in [-0.4, -0.2) is 13.0 Å². The highest BCUT2D eigenvalue weighted by Gasteiger charge is 2.11. The molecule has 3 nitrogen and oxygen atoms in total. The van der Waals surface area contributed by atoms with Crippen molar-refractivity contribution >= 4 is 50.7 Å². The second-order valence-corrected chi connectivity index (χ2v) is 5.66. The average molecular weight is 375 g/mol. The molecule has 2 aromatic carbocycles. The van der Waals surface area contributed by atoms with Crippen molar-refractivity contribution in [2.75, 3.05) is 12.4 Å². The smallest absolute Gasteiger partial charge is 0.255 e. The molecule has 0 bridgehead atoms. The van der Waals surface area contributed by atoms with E-state index in [1.165, 1.54) is 7.11 Å². The summed E-state index contributed by atoms with van der Waals surface area (Å²) in [5.41, 5.74) is 0.960. The number of anilines is 1. The Kier molecular flexibility index (Phi) is 4.91. The van der Waals surface area contributed by atoms with Crippen LogP contribution in [0.2, 0.25) is 10.0 Å². The number of carbonyl (C=O) groups is 1. The maximum absolute atomic E-state index is 12.1. The molecule has 0 aromatic heterocycles. The summed E-state index contributed by atoms with van der Waals surface area (Å²) in [5.74, 6) is 0.226. The lowest BCUT2D eigenvalue weighted by Crippen LogP contribution is -2.12. The summed E-state index contributed by atoms with van der Waals surface area (Å²) >= 11 is 15.3. The lowest BCUT2D eigenvalue weighted by Gasteiger charge is -2.09. The maximum Gasteiger partial charge on any atom is 0.255 e. The minimum absolute atomic E-state index is 0.293. The molecule has 0 saturated carbocycles. The zero-order valence-corrected chi connectivity index (χ0v) is 13.5. The molecule has 0 saturated heterocycles. The molecule has 20 heavy (non-hydrogen) atoms. The van der Waals surface area contributed by atoms with Gasteiger partial charge in [0.2, 0.25) is 0 Å². The average Bonchev–Trinajstić information content (AvgIpc) is 2.41. The van der Waals surface area contributed by atoms with Gasteiger partial charge in [0.05, 0.1) is 22.8 Å². The minimum Gasteiger partial charge on any atom is -0.495 e. The second kappa shape index (κ2) is 6.48. The number of hydrogen-bond acceptors (Lipinski definition) is 2. The van der Waals surface area contributed by atoms with Gasteiger partial charge in [0.15, 0.2) is 0 Å². The van der Waals surface area contributed by atoms with Gasteiger partial charge in [-0.25, -0.2) is 0 Å². The van der Waals surface area contributed by atoms with E-state index in [4.69, 9.17) is 27.9 Å². The highest BCUT2D eigenvalue weighted by Crippen LogP contribution is 2.28. The van der Waals surface area contributed by atoms with E-state index in [-0.39, 0.29) is 5.91 Å². The first-order chi connectivity index (χ1) is 9.51. The van der Waals surface area contributed by atoms with Crippen LogP contribution in [0.25, 0.3) is 0 Å². The van der Waals surface area contributed by atoms with Crippen LogP contribution < -0.4 is 10.1 Å². The maximum atomic E-state index is 12.1. The monoisotopic (exact) mass is 373 g/mol. The molecule has 6 heteroatoms. The molecule has 2 rings (SSSR count). The molecule has 1 amide bonds. The molecule has 1 N–H and O–H groups in total. The summed E-state index contributed by atoms with van der Waals surface area (Å²) in [5, 5.41) is 3.56. The highest BCUT2D eigenvalue weighted by atomic mass is 79.9. The zero-order chi connectivity index (χ0) is 14.7. The van der Waals surface area contributed by atoms with Crippen LogP contribution in [-0.2, 0) is 0 Å². The number of benzene rings is 2. The molecular formula is C14H10BrCl2NO2. The standard InChI is InChI=1S/C14H10BrCl2NO2/c1-20-13-5-2-8(6-11(13)17)14(19)18-12-4-3-9(15)7-10(12)16/h2-7H,1H3,(H,18,19). The molecule has 0 radical (unpaired) electrons. The van der Waals surface area contributed by atoms with Crippen molar-refractivity contribution < 1.29 is 9.53 Å². The van der Waals surface area contributed by atoms with Gasteiger partial charge in [-0.1, -0.05) is 39.1 Å². The summed E-state index contributed by atoms with van der Waals surface area (Å²) < 4.78 is 5.88. The highest BCUT2D eigenvalue weighted by molar-refractivity contribution is 9.10. The fourth-order valence-corrected chi connectivity index (χ4v) is 2.57. The van der Waals surface area contributed by atoms with Gasteiger partial charge in [0.25, 0.3) is 5.91 Å². The van der Waals surface area contributed by atoms with Gasteiger partial charge in [0.1, 0.15) is 5.75 Å². The molecule has 0 atom stereocenters. The lowest BCUT2D eigenvalue weighted by atomic mass is 10.2. The Morgan fingerprint density at radius 3 is 2.50 bits per heavy atom. The number of hydrogen-bond donors (Lipinski definition) is 1. The largest absolute Gasteiger partial charge is 0.495 e. The first-order valence-electron chi connectivity index (χ1n) is 5.61. The third-order valence-corrected chi connectivity index (χ3v) is 3.69. The Labute approximate surface area is 135 Å². The molecule has 0 fully saturated rings. The van der Waals surface area contributed by atoms with Crippen molar-refractivity contribution in [3.8, 4) is 5.75 Å². The van der Waals surface area contributed by atoms with Crippen LogP contribution in [0.4, 0.5) is 5.69 Å². The topological polar surface area (TPSA) is 38.3 Å². The third-order valence-electron chi connectivity index (χ3n) is 2.59. The molecule has 0 heterocycles. The Balaban J connectivity index is 2.21. The fraction of sp³-hybridized carbons (Fsp3) is 0.0714. The van der Waals surface area contributed by atoms with E-state index in [1.54, 1.807) is 36.4 Å². The van der Waals surface area contributed by atoms with Crippen LogP contribution in [0.5, 0.6) is 5.75 Å². The number of methoxy groups -OCH3 is 1. The van der Waals surface area contributed by atoms with Crippen LogP contribution in [0.15, 0.2) is 40.9 Å². The Hall–Kier alpha value is -1.23. The van der Waals surface area contributed by atoms with Gasteiger partial charge < -0.3 is 10.1 Å². The van der Waals surface area contributed by atoms with Gasteiger partial charge in [-0.2, -0.15) is 0 Å². The molecule has 104 valence electrons. The van der Waals surface area contributed by atoms with Crippen molar-refractivity contribution in [1.29, 1.82) is 0 Å². The number of nitrogens with one attached hydrogen (secondary N) is 1. The van der Waals surface area contributed by atoms with Crippen molar-refractivity contribution in [3.05, 3.63) is 56.5 Å². The molecule has 0 aliphatic heterocycles. The van der Waals surface area contributed by atoms with Crippen molar-refractivity contribution in [1.82, 2.24) is 0 Å².